The predicted octanol–water partition coefficient (Wildman–Crippen LogP) is 2.94. The topological polar surface area (TPSA) is 49.0 Å². The molecule has 0 radical (unpaired) electrons. The van der Waals surface area contributed by atoms with Crippen LogP contribution in [-0.2, 0) is 13.0 Å². The van der Waals surface area contributed by atoms with Crippen LogP contribution < -0.4 is 24.3 Å². The molecule has 2 aliphatic heterocycles. The van der Waals surface area contributed by atoms with E-state index in [4.69, 9.17) is 18.9 Å². The summed E-state index contributed by atoms with van der Waals surface area (Å²) in [6.07, 6.45) is 0.946. The molecule has 0 aliphatic carbocycles. The molecule has 0 bridgehead atoms. The second-order valence-corrected chi connectivity index (χ2v) is 5.59. The van der Waals surface area contributed by atoms with E-state index >= 15 is 0 Å². The standard InChI is InChI=1S/C18H19NO4.ClH/c1-3-15-17(21-8-7-20-15)9-13(1)5-6-19-11-14-2-4-16-18(10-14)23-12-22-16;/h1-4,9-10,19H,5-8,11-12H2;1H. The summed E-state index contributed by atoms with van der Waals surface area (Å²) in [5.41, 5.74) is 2.43. The molecule has 0 spiro atoms. The van der Waals surface area contributed by atoms with Crippen LogP contribution in [0.4, 0.5) is 0 Å². The molecular formula is C18H20ClNO4. The van der Waals surface area contributed by atoms with Crippen molar-refractivity contribution in [1.29, 1.82) is 0 Å². The van der Waals surface area contributed by atoms with Gasteiger partial charge in [-0.05, 0) is 48.4 Å². The van der Waals surface area contributed by atoms with E-state index in [1.54, 1.807) is 0 Å². The summed E-state index contributed by atoms with van der Waals surface area (Å²) in [6, 6.07) is 12.2. The third-order valence-electron chi connectivity index (χ3n) is 3.96. The summed E-state index contributed by atoms with van der Waals surface area (Å²) in [6.45, 7) is 3.27. The number of hydrogen-bond donors (Lipinski definition) is 1. The third kappa shape index (κ3) is 3.68. The van der Waals surface area contributed by atoms with Gasteiger partial charge in [0, 0.05) is 6.54 Å². The van der Waals surface area contributed by atoms with Crippen molar-refractivity contribution < 1.29 is 18.9 Å². The first kappa shape index (κ1) is 16.7. The normalized spacial score (nSPS) is 14.2. The van der Waals surface area contributed by atoms with E-state index in [1.165, 1.54) is 11.1 Å². The highest BCUT2D eigenvalue weighted by Gasteiger charge is 2.13. The molecule has 0 atom stereocenters. The number of benzene rings is 2. The van der Waals surface area contributed by atoms with Gasteiger partial charge >= 0.3 is 0 Å². The van der Waals surface area contributed by atoms with Crippen LogP contribution in [0, 0.1) is 0 Å². The number of ether oxygens (including phenoxy) is 4. The number of hydrogen-bond acceptors (Lipinski definition) is 5. The highest BCUT2D eigenvalue weighted by atomic mass is 35.5. The lowest BCUT2D eigenvalue weighted by atomic mass is 10.1. The minimum absolute atomic E-state index is 0. The third-order valence-corrected chi connectivity index (χ3v) is 3.96. The molecule has 0 amide bonds. The van der Waals surface area contributed by atoms with Gasteiger partial charge in [-0.25, -0.2) is 0 Å². The molecule has 0 saturated heterocycles. The zero-order chi connectivity index (χ0) is 15.5. The van der Waals surface area contributed by atoms with E-state index in [1.807, 2.05) is 18.2 Å². The molecular weight excluding hydrogens is 330 g/mol. The molecule has 2 heterocycles. The van der Waals surface area contributed by atoms with Gasteiger partial charge in [0.15, 0.2) is 23.0 Å². The first-order valence-electron chi connectivity index (χ1n) is 7.86. The van der Waals surface area contributed by atoms with Crippen molar-refractivity contribution in [2.75, 3.05) is 26.6 Å². The monoisotopic (exact) mass is 349 g/mol. The van der Waals surface area contributed by atoms with E-state index < -0.39 is 0 Å². The zero-order valence-corrected chi connectivity index (χ0v) is 14.1. The van der Waals surface area contributed by atoms with E-state index in [0.717, 1.165) is 42.5 Å². The average molecular weight is 350 g/mol. The van der Waals surface area contributed by atoms with Crippen molar-refractivity contribution in [3.8, 4) is 23.0 Å². The van der Waals surface area contributed by atoms with Crippen LogP contribution >= 0.6 is 12.4 Å². The molecule has 5 nitrogen and oxygen atoms in total. The molecule has 2 aliphatic rings. The lowest BCUT2D eigenvalue weighted by Gasteiger charge is -2.18. The fourth-order valence-corrected chi connectivity index (χ4v) is 2.76. The fourth-order valence-electron chi connectivity index (χ4n) is 2.76. The molecule has 0 unspecified atom stereocenters. The maximum atomic E-state index is 5.61. The Kier molecular flexibility index (Phi) is 5.33. The van der Waals surface area contributed by atoms with E-state index in [9.17, 15) is 0 Å². The molecule has 0 saturated carbocycles. The van der Waals surface area contributed by atoms with Gasteiger partial charge in [-0.15, -0.1) is 12.4 Å². The van der Waals surface area contributed by atoms with Gasteiger partial charge < -0.3 is 24.3 Å². The summed E-state index contributed by atoms with van der Waals surface area (Å²) < 4.78 is 21.9. The molecule has 128 valence electrons. The second-order valence-electron chi connectivity index (χ2n) is 5.59. The van der Waals surface area contributed by atoms with E-state index in [-0.39, 0.29) is 12.4 Å². The van der Waals surface area contributed by atoms with E-state index in [0.29, 0.717) is 20.0 Å². The predicted molar refractivity (Wildman–Crippen MR) is 92.7 cm³/mol. The molecule has 6 heteroatoms. The van der Waals surface area contributed by atoms with Crippen LogP contribution in [-0.4, -0.2) is 26.6 Å². The number of fused-ring (bicyclic) bond motifs is 2. The van der Waals surface area contributed by atoms with Crippen LogP contribution in [0.15, 0.2) is 36.4 Å². The number of halogens is 1. The average Bonchev–Trinajstić information content (AvgIpc) is 3.06. The maximum absolute atomic E-state index is 5.61. The Morgan fingerprint density at radius 3 is 2.25 bits per heavy atom. The molecule has 4 rings (SSSR count). The molecule has 0 fully saturated rings. The molecule has 1 N–H and O–H groups in total. The van der Waals surface area contributed by atoms with Crippen molar-refractivity contribution in [3.63, 3.8) is 0 Å². The summed E-state index contributed by atoms with van der Waals surface area (Å²) in [7, 11) is 0. The summed E-state index contributed by atoms with van der Waals surface area (Å²) >= 11 is 0. The van der Waals surface area contributed by atoms with Gasteiger partial charge in [0.1, 0.15) is 13.2 Å². The summed E-state index contributed by atoms with van der Waals surface area (Å²) in [5, 5.41) is 3.45. The highest BCUT2D eigenvalue weighted by molar-refractivity contribution is 5.85. The van der Waals surface area contributed by atoms with Crippen LogP contribution in [0.25, 0.3) is 0 Å². The fraction of sp³-hybridized carbons (Fsp3) is 0.333. The van der Waals surface area contributed by atoms with Crippen molar-refractivity contribution in [2.24, 2.45) is 0 Å². The van der Waals surface area contributed by atoms with Crippen LogP contribution in [0.5, 0.6) is 23.0 Å². The quantitative estimate of drug-likeness (QED) is 0.841. The SMILES string of the molecule is Cl.c1cc2c(cc1CCNCc1ccc3c(c1)OCO3)OCCO2. The molecule has 0 aromatic heterocycles. The molecule has 24 heavy (non-hydrogen) atoms. The van der Waals surface area contributed by atoms with Gasteiger partial charge in [-0.2, -0.15) is 0 Å². The minimum Gasteiger partial charge on any atom is -0.486 e. The van der Waals surface area contributed by atoms with Crippen molar-refractivity contribution in [2.45, 2.75) is 13.0 Å². The number of rotatable bonds is 5. The van der Waals surface area contributed by atoms with Gasteiger partial charge in [-0.3, -0.25) is 0 Å². The van der Waals surface area contributed by atoms with Crippen LogP contribution in [0.2, 0.25) is 0 Å². The summed E-state index contributed by atoms with van der Waals surface area (Å²) in [5.74, 6) is 3.35. The van der Waals surface area contributed by atoms with Gasteiger partial charge in [0.25, 0.3) is 0 Å². The molecule has 2 aromatic carbocycles. The Morgan fingerprint density at radius 1 is 0.750 bits per heavy atom. The Bertz CT molecular complexity index is 707. The van der Waals surface area contributed by atoms with Crippen LogP contribution in [0.1, 0.15) is 11.1 Å². The van der Waals surface area contributed by atoms with Crippen molar-refractivity contribution in [3.05, 3.63) is 47.5 Å². The molecule has 2 aromatic rings. The lowest BCUT2D eigenvalue weighted by molar-refractivity contribution is 0.171. The first-order valence-corrected chi connectivity index (χ1v) is 7.86. The van der Waals surface area contributed by atoms with Crippen LogP contribution in [0.3, 0.4) is 0 Å². The van der Waals surface area contributed by atoms with Gasteiger partial charge in [-0.1, -0.05) is 12.1 Å². The van der Waals surface area contributed by atoms with E-state index in [2.05, 4.69) is 23.5 Å². The Labute approximate surface area is 147 Å². The maximum Gasteiger partial charge on any atom is 0.231 e. The lowest BCUT2D eigenvalue weighted by Crippen LogP contribution is -2.17. The van der Waals surface area contributed by atoms with Crippen molar-refractivity contribution in [1.82, 2.24) is 5.32 Å². The Hall–Kier alpha value is -2.11. The smallest absolute Gasteiger partial charge is 0.231 e. The minimum atomic E-state index is 0. The zero-order valence-electron chi connectivity index (χ0n) is 13.2. The Balaban J connectivity index is 0.00000169. The highest BCUT2D eigenvalue weighted by Crippen LogP contribution is 2.32. The summed E-state index contributed by atoms with van der Waals surface area (Å²) in [4.78, 5) is 0. The second kappa shape index (κ2) is 7.64. The van der Waals surface area contributed by atoms with Gasteiger partial charge in [0.05, 0.1) is 0 Å². The Morgan fingerprint density at radius 2 is 1.38 bits per heavy atom. The van der Waals surface area contributed by atoms with Crippen molar-refractivity contribution >= 4 is 12.4 Å². The van der Waals surface area contributed by atoms with Gasteiger partial charge in [0.2, 0.25) is 6.79 Å². The largest absolute Gasteiger partial charge is 0.486 e. The number of nitrogens with one attached hydrogen (secondary N) is 1. The first-order chi connectivity index (χ1) is 11.4.